The average Bonchev–Trinajstić information content (AvgIpc) is 3.91. The summed E-state index contributed by atoms with van der Waals surface area (Å²) in [6.07, 6.45) is 1.85. The Balaban J connectivity index is 0.00000567. The number of hydrogen-bond donors (Lipinski definition) is 1. The molecule has 348 valence electrons. The third kappa shape index (κ3) is 8.30. The van der Waals surface area contributed by atoms with E-state index >= 15 is 0 Å². The first kappa shape index (κ1) is 46.2. The minimum absolute atomic E-state index is 0. The number of nitrogens with zero attached hydrogens (tertiary/aromatic N) is 4. The van der Waals surface area contributed by atoms with Crippen LogP contribution in [0.1, 0.15) is 52.7 Å². The average molecular weight is 1100 g/mol. The number of rotatable bonds is 7. The van der Waals surface area contributed by atoms with Crippen LogP contribution in [-0.4, -0.2) is 24.6 Å². The Morgan fingerprint density at radius 1 is 0.571 bits per heavy atom. The number of aromatic hydroxyl groups is 1. The maximum Gasteiger partial charge on any atom is 0.227 e. The summed E-state index contributed by atoms with van der Waals surface area (Å²) in [6, 6.07) is 56.0. The van der Waals surface area contributed by atoms with Gasteiger partial charge in [0.05, 0.1) is 22.4 Å². The van der Waals surface area contributed by atoms with Crippen LogP contribution in [0.2, 0.25) is 0 Å². The van der Waals surface area contributed by atoms with Gasteiger partial charge in [-0.3, -0.25) is 9.55 Å². The Kier molecular flexibility index (Phi) is 11.7. The van der Waals surface area contributed by atoms with Crippen LogP contribution in [0, 0.1) is 17.7 Å². The molecule has 1 N–H and O–H groups in total. The molecule has 0 radical (unpaired) electrons. The number of hydrogen-bond acceptors (Lipinski definition) is 5. The second kappa shape index (κ2) is 17.8. The van der Waals surface area contributed by atoms with Crippen molar-refractivity contribution in [1.82, 2.24) is 19.5 Å². The monoisotopic (exact) mass is 1100 g/mol. The molecule has 0 unspecified atom stereocenters. The predicted molar refractivity (Wildman–Crippen MR) is 274 cm³/mol. The summed E-state index contributed by atoms with van der Waals surface area (Å²) in [5.41, 5.74) is 12.4. The zero-order valence-electron chi connectivity index (χ0n) is 39.4. The van der Waals surface area contributed by atoms with Gasteiger partial charge in [-0.25, -0.2) is 18.7 Å². The number of pyridine rings is 2. The Morgan fingerprint density at radius 3 is 1.96 bits per heavy atom. The van der Waals surface area contributed by atoms with E-state index in [2.05, 4.69) is 119 Å². The molecule has 4 aromatic heterocycles. The summed E-state index contributed by atoms with van der Waals surface area (Å²) in [5.74, 6) is -0.948. The first-order chi connectivity index (χ1) is 33.2. The van der Waals surface area contributed by atoms with E-state index in [1.165, 1.54) is 12.1 Å². The van der Waals surface area contributed by atoms with Gasteiger partial charge in [0.1, 0.15) is 22.9 Å². The fraction of sp³-hybridized carbons (Fsp3) is 0.131. The number of furan rings is 1. The Labute approximate surface area is 419 Å². The standard InChI is InChI=1S/C61H47F2N4O2.Pt/c1-60(2,3)42-29-39(28-40(30-42)51-33-38(26-27-64-51)36-16-9-7-10-17-36)46-21-15-23-53-55(46)66-58(67(53)52-22-14-13-20-45(52)37-18-11-8-12-19-37)54-56(68)49(61(4,5)6)35-48-47-24-25-50(65-59(47)69-57(48)54)41-31-43(62)34-44(63)32-41;/h7-27,29-35,68H,1-6H3;/q-1;. The van der Waals surface area contributed by atoms with Crippen molar-refractivity contribution in [3.05, 3.63) is 199 Å². The zero-order valence-corrected chi connectivity index (χ0v) is 41.7. The largest absolute Gasteiger partial charge is 0.507 e. The first-order valence-corrected chi connectivity index (χ1v) is 23.0. The quantitative estimate of drug-likeness (QED) is 0.161. The van der Waals surface area contributed by atoms with Crippen LogP contribution in [0.5, 0.6) is 5.75 Å². The van der Waals surface area contributed by atoms with Gasteiger partial charge in [0.15, 0.2) is 11.4 Å². The number of halogens is 2. The maximum atomic E-state index is 14.5. The molecule has 70 heavy (non-hydrogen) atoms. The van der Waals surface area contributed by atoms with E-state index in [0.29, 0.717) is 44.5 Å². The van der Waals surface area contributed by atoms with Gasteiger partial charge in [-0.2, -0.15) is 0 Å². The van der Waals surface area contributed by atoms with Crippen LogP contribution in [0.4, 0.5) is 8.78 Å². The molecule has 0 fully saturated rings. The van der Waals surface area contributed by atoms with Crippen molar-refractivity contribution >= 4 is 33.1 Å². The van der Waals surface area contributed by atoms with Gasteiger partial charge in [0.2, 0.25) is 5.71 Å². The van der Waals surface area contributed by atoms with Crippen LogP contribution in [0.15, 0.2) is 174 Å². The second-order valence-corrected chi connectivity index (χ2v) is 19.7. The third-order valence-electron chi connectivity index (χ3n) is 12.9. The number of phenolic OH excluding ortho intramolecular Hbond substituents is 1. The Morgan fingerprint density at radius 2 is 1.24 bits per heavy atom. The van der Waals surface area contributed by atoms with Crippen LogP contribution >= 0.6 is 0 Å². The van der Waals surface area contributed by atoms with Gasteiger partial charge in [-0.15, -0.1) is 29.3 Å². The van der Waals surface area contributed by atoms with Gasteiger partial charge in [0, 0.05) is 66.5 Å². The van der Waals surface area contributed by atoms with Gasteiger partial charge in [-0.05, 0) is 76.1 Å². The molecule has 9 heteroatoms. The van der Waals surface area contributed by atoms with Crippen molar-refractivity contribution in [3.8, 4) is 78.7 Å². The summed E-state index contributed by atoms with van der Waals surface area (Å²) in [6.45, 7) is 12.8. The molecular formula is C61H47F2N4O2Pt-. The van der Waals surface area contributed by atoms with Crippen molar-refractivity contribution in [3.63, 3.8) is 0 Å². The second-order valence-electron chi connectivity index (χ2n) is 19.7. The molecule has 0 saturated carbocycles. The summed E-state index contributed by atoms with van der Waals surface area (Å²) in [5, 5.41) is 14.2. The van der Waals surface area contributed by atoms with Crippen molar-refractivity contribution in [2.75, 3.05) is 0 Å². The summed E-state index contributed by atoms with van der Waals surface area (Å²) in [4.78, 5) is 15.3. The van der Waals surface area contributed by atoms with Crippen LogP contribution in [-0.2, 0) is 31.9 Å². The van der Waals surface area contributed by atoms with E-state index in [0.717, 1.165) is 67.5 Å². The number of phenols is 1. The van der Waals surface area contributed by atoms with Crippen LogP contribution in [0.3, 0.4) is 0 Å². The van der Waals surface area contributed by atoms with Crippen molar-refractivity contribution in [2.24, 2.45) is 0 Å². The molecule has 6 nitrogen and oxygen atoms in total. The molecule has 0 aliphatic rings. The predicted octanol–water partition coefficient (Wildman–Crippen LogP) is 16.1. The smallest absolute Gasteiger partial charge is 0.227 e. The van der Waals surface area contributed by atoms with E-state index in [-0.39, 0.29) is 43.5 Å². The summed E-state index contributed by atoms with van der Waals surface area (Å²) in [7, 11) is 0. The van der Waals surface area contributed by atoms with Crippen molar-refractivity contribution < 1.29 is 39.4 Å². The Hall–Kier alpha value is -7.54. The topological polar surface area (TPSA) is 77.0 Å². The maximum absolute atomic E-state index is 14.5. The minimum Gasteiger partial charge on any atom is -0.507 e. The fourth-order valence-electron chi connectivity index (χ4n) is 9.36. The minimum atomic E-state index is -0.708. The molecular weight excluding hydrogens is 1050 g/mol. The number of para-hydroxylation sites is 2. The van der Waals surface area contributed by atoms with Crippen molar-refractivity contribution in [2.45, 2.75) is 52.4 Å². The third-order valence-corrected chi connectivity index (χ3v) is 12.9. The molecule has 0 amide bonds. The van der Waals surface area contributed by atoms with Gasteiger partial charge in [0.25, 0.3) is 0 Å². The van der Waals surface area contributed by atoms with Crippen molar-refractivity contribution in [1.29, 1.82) is 0 Å². The molecule has 11 rings (SSSR count). The number of fused-ring (bicyclic) bond motifs is 4. The van der Waals surface area contributed by atoms with E-state index in [1.54, 1.807) is 6.07 Å². The molecule has 0 aliphatic heterocycles. The SMILES string of the molecule is CC(C)(C)c1cc(-c2cc(-c3ccccc3)ccn2)[c-]c(-c2cccc3c2nc(-c2c(O)c(C(C)(C)C)cc4c2oc2nc(-c5cc(F)cc(F)c5)ccc24)n3-c2ccccc2-c2ccccc2)c1.[Pt]. The van der Waals surface area contributed by atoms with E-state index in [1.807, 2.05) is 79.0 Å². The molecule has 0 atom stereocenters. The molecule has 0 aliphatic carbocycles. The van der Waals surface area contributed by atoms with E-state index in [4.69, 9.17) is 19.4 Å². The Bertz CT molecular complexity index is 3770. The molecule has 7 aromatic carbocycles. The van der Waals surface area contributed by atoms with E-state index in [9.17, 15) is 13.9 Å². The van der Waals surface area contributed by atoms with Crippen LogP contribution < -0.4 is 0 Å². The number of aromatic nitrogens is 4. The molecule has 11 aromatic rings. The molecule has 4 heterocycles. The fourth-order valence-corrected chi connectivity index (χ4v) is 9.36. The van der Waals surface area contributed by atoms with Gasteiger partial charge < -0.3 is 9.52 Å². The van der Waals surface area contributed by atoms with Gasteiger partial charge >= 0.3 is 0 Å². The summed E-state index contributed by atoms with van der Waals surface area (Å²) < 4.78 is 37.8. The summed E-state index contributed by atoms with van der Waals surface area (Å²) >= 11 is 0. The van der Waals surface area contributed by atoms with E-state index < -0.39 is 17.0 Å². The molecule has 0 spiro atoms. The zero-order chi connectivity index (χ0) is 47.8. The normalized spacial score (nSPS) is 11.9. The molecule has 0 bridgehead atoms. The van der Waals surface area contributed by atoms with Gasteiger partial charge in [-0.1, -0.05) is 150 Å². The number of imidazole rings is 1. The molecule has 0 saturated heterocycles. The number of benzene rings is 7. The van der Waals surface area contributed by atoms with Crippen LogP contribution in [0.25, 0.3) is 106 Å². The first-order valence-electron chi connectivity index (χ1n) is 23.0.